The maximum atomic E-state index is 11.9. The van der Waals surface area contributed by atoms with Crippen LogP contribution in [0.5, 0.6) is 0 Å². The van der Waals surface area contributed by atoms with E-state index in [1.54, 1.807) is 36.7 Å². The fraction of sp³-hybridized carbons (Fsp3) is 0. The van der Waals surface area contributed by atoms with Gasteiger partial charge in [-0.25, -0.2) is 0 Å². The zero-order chi connectivity index (χ0) is 10.7. The van der Waals surface area contributed by atoms with E-state index in [-0.39, 0.29) is 11.5 Å². The fourth-order valence-corrected chi connectivity index (χ4v) is 1.24. The highest BCUT2D eigenvalue weighted by molar-refractivity contribution is 6.10. The number of pyridine rings is 2. The molecule has 0 radical (unpaired) electrons. The Balaban J connectivity index is 2.42. The second kappa shape index (κ2) is 3.88. The third kappa shape index (κ3) is 1.83. The van der Waals surface area contributed by atoms with Crippen LogP contribution >= 0.6 is 0 Å². The quantitative estimate of drug-likeness (QED) is 0.740. The summed E-state index contributed by atoms with van der Waals surface area (Å²) in [5.41, 5.74) is 6.79. The minimum Gasteiger partial charge on any atom is -0.397 e. The van der Waals surface area contributed by atoms with Crippen molar-refractivity contribution in [1.29, 1.82) is 0 Å². The van der Waals surface area contributed by atoms with E-state index in [2.05, 4.69) is 9.97 Å². The molecule has 4 heteroatoms. The van der Waals surface area contributed by atoms with Crippen LogP contribution in [-0.2, 0) is 0 Å². The average molecular weight is 199 g/mol. The molecule has 2 aromatic heterocycles. The zero-order valence-corrected chi connectivity index (χ0v) is 7.92. The molecule has 0 saturated carbocycles. The molecule has 0 atom stereocenters. The van der Waals surface area contributed by atoms with Crippen molar-refractivity contribution in [1.82, 2.24) is 9.97 Å². The molecule has 0 spiro atoms. The minimum atomic E-state index is -0.207. The topological polar surface area (TPSA) is 68.9 Å². The molecule has 0 aliphatic rings. The molecule has 0 unspecified atom stereocenters. The first-order chi connectivity index (χ1) is 7.29. The van der Waals surface area contributed by atoms with Gasteiger partial charge >= 0.3 is 0 Å². The van der Waals surface area contributed by atoms with Crippen LogP contribution in [0, 0.1) is 0 Å². The summed E-state index contributed by atoms with van der Waals surface area (Å²) in [6.45, 7) is 0. The van der Waals surface area contributed by atoms with Crippen molar-refractivity contribution in [2.45, 2.75) is 0 Å². The predicted molar refractivity (Wildman–Crippen MR) is 56.3 cm³/mol. The van der Waals surface area contributed by atoms with Crippen molar-refractivity contribution in [2.24, 2.45) is 0 Å². The van der Waals surface area contributed by atoms with Crippen molar-refractivity contribution in [3.8, 4) is 0 Å². The van der Waals surface area contributed by atoms with Gasteiger partial charge in [0, 0.05) is 24.2 Å². The molecule has 0 aliphatic heterocycles. The van der Waals surface area contributed by atoms with E-state index < -0.39 is 0 Å². The molecule has 0 aliphatic carbocycles. The first-order valence-electron chi connectivity index (χ1n) is 4.44. The molecule has 2 N–H and O–H groups in total. The zero-order valence-electron chi connectivity index (χ0n) is 7.92. The molecule has 2 rings (SSSR count). The van der Waals surface area contributed by atoms with Gasteiger partial charge in [0.2, 0.25) is 5.78 Å². The SMILES string of the molecule is Nc1cccnc1C(=O)c1cccnc1. The molecule has 2 aromatic rings. The van der Waals surface area contributed by atoms with Crippen LogP contribution in [0.15, 0.2) is 42.9 Å². The summed E-state index contributed by atoms with van der Waals surface area (Å²) in [6.07, 6.45) is 4.65. The third-order valence-corrected chi connectivity index (χ3v) is 1.98. The summed E-state index contributed by atoms with van der Waals surface area (Å²) in [7, 11) is 0. The lowest BCUT2D eigenvalue weighted by Crippen LogP contribution is -2.07. The van der Waals surface area contributed by atoms with Crippen LogP contribution in [0.1, 0.15) is 16.1 Å². The fourth-order valence-electron chi connectivity index (χ4n) is 1.24. The van der Waals surface area contributed by atoms with Crippen molar-refractivity contribution >= 4 is 11.5 Å². The van der Waals surface area contributed by atoms with E-state index in [1.165, 1.54) is 6.20 Å². The number of carbonyl (C=O) groups is 1. The van der Waals surface area contributed by atoms with Crippen molar-refractivity contribution in [2.75, 3.05) is 5.73 Å². The second-order valence-electron chi connectivity index (χ2n) is 3.01. The lowest BCUT2D eigenvalue weighted by atomic mass is 10.1. The number of rotatable bonds is 2. The van der Waals surface area contributed by atoms with Crippen molar-refractivity contribution < 1.29 is 4.79 Å². The maximum Gasteiger partial charge on any atom is 0.215 e. The average Bonchev–Trinajstić information content (AvgIpc) is 2.30. The van der Waals surface area contributed by atoms with Crippen LogP contribution in [0.3, 0.4) is 0 Å². The number of ketones is 1. The summed E-state index contributed by atoms with van der Waals surface area (Å²) in [5.74, 6) is -0.207. The third-order valence-electron chi connectivity index (χ3n) is 1.98. The molecule has 4 nitrogen and oxygen atoms in total. The number of carbonyl (C=O) groups excluding carboxylic acids is 1. The first-order valence-corrected chi connectivity index (χ1v) is 4.44. The Kier molecular flexibility index (Phi) is 2.41. The summed E-state index contributed by atoms with van der Waals surface area (Å²) in [6, 6.07) is 6.72. The van der Waals surface area contributed by atoms with E-state index in [4.69, 9.17) is 5.73 Å². The largest absolute Gasteiger partial charge is 0.397 e. The number of nitrogen functional groups attached to an aromatic ring is 1. The Morgan fingerprint density at radius 2 is 2.00 bits per heavy atom. The second-order valence-corrected chi connectivity index (χ2v) is 3.01. The van der Waals surface area contributed by atoms with Crippen molar-refractivity contribution in [3.63, 3.8) is 0 Å². The molecule has 0 aromatic carbocycles. The van der Waals surface area contributed by atoms with Crippen LogP contribution in [0.2, 0.25) is 0 Å². The van der Waals surface area contributed by atoms with E-state index in [0.29, 0.717) is 11.3 Å². The lowest BCUT2D eigenvalue weighted by molar-refractivity contribution is 0.103. The summed E-state index contributed by atoms with van der Waals surface area (Å²) < 4.78 is 0. The molecule has 0 fully saturated rings. The van der Waals surface area contributed by atoms with Crippen LogP contribution < -0.4 is 5.73 Å². The standard InChI is InChI=1S/C11H9N3O/c12-9-4-2-6-14-10(9)11(15)8-3-1-5-13-7-8/h1-7H,12H2. The number of hydrogen-bond acceptors (Lipinski definition) is 4. The molecule has 0 bridgehead atoms. The Labute approximate surface area is 86.8 Å². The van der Waals surface area contributed by atoms with Gasteiger partial charge in [-0.05, 0) is 24.3 Å². The number of nitrogens with two attached hydrogens (primary N) is 1. The van der Waals surface area contributed by atoms with Gasteiger partial charge in [-0.1, -0.05) is 0 Å². The summed E-state index contributed by atoms with van der Waals surface area (Å²) in [5, 5.41) is 0. The number of anilines is 1. The van der Waals surface area contributed by atoms with E-state index in [1.807, 2.05) is 0 Å². The Bertz CT molecular complexity index is 482. The molecular formula is C11H9N3O. The van der Waals surface area contributed by atoms with Gasteiger partial charge < -0.3 is 5.73 Å². The Morgan fingerprint density at radius 3 is 2.67 bits per heavy atom. The first kappa shape index (κ1) is 9.33. The van der Waals surface area contributed by atoms with E-state index in [9.17, 15) is 4.79 Å². The number of hydrogen-bond donors (Lipinski definition) is 1. The lowest BCUT2D eigenvalue weighted by Gasteiger charge is -2.02. The molecular weight excluding hydrogens is 190 g/mol. The normalized spacial score (nSPS) is 9.87. The predicted octanol–water partition coefficient (Wildman–Crippen LogP) is 1.29. The molecule has 2 heterocycles. The summed E-state index contributed by atoms with van der Waals surface area (Å²) in [4.78, 5) is 19.7. The van der Waals surface area contributed by atoms with Crippen LogP contribution in [-0.4, -0.2) is 15.8 Å². The van der Waals surface area contributed by atoms with Gasteiger partial charge in [0.25, 0.3) is 0 Å². The maximum absolute atomic E-state index is 11.9. The van der Waals surface area contributed by atoms with Gasteiger partial charge in [0.1, 0.15) is 5.69 Å². The van der Waals surface area contributed by atoms with Crippen LogP contribution in [0.25, 0.3) is 0 Å². The number of aromatic nitrogens is 2. The Hall–Kier alpha value is -2.23. The van der Waals surface area contributed by atoms with Gasteiger partial charge in [-0.2, -0.15) is 0 Å². The Morgan fingerprint density at radius 1 is 1.20 bits per heavy atom. The minimum absolute atomic E-state index is 0.207. The molecule has 0 amide bonds. The molecule has 74 valence electrons. The van der Waals surface area contributed by atoms with Gasteiger partial charge in [0.15, 0.2) is 0 Å². The number of nitrogens with zero attached hydrogens (tertiary/aromatic N) is 2. The molecule has 0 saturated heterocycles. The van der Waals surface area contributed by atoms with E-state index in [0.717, 1.165) is 0 Å². The van der Waals surface area contributed by atoms with Gasteiger partial charge in [-0.3, -0.25) is 14.8 Å². The van der Waals surface area contributed by atoms with E-state index >= 15 is 0 Å². The van der Waals surface area contributed by atoms with Crippen LogP contribution in [0.4, 0.5) is 5.69 Å². The highest BCUT2D eigenvalue weighted by atomic mass is 16.1. The highest BCUT2D eigenvalue weighted by Gasteiger charge is 2.12. The van der Waals surface area contributed by atoms with Gasteiger partial charge in [-0.15, -0.1) is 0 Å². The summed E-state index contributed by atoms with van der Waals surface area (Å²) >= 11 is 0. The molecule has 15 heavy (non-hydrogen) atoms. The van der Waals surface area contributed by atoms with Gasteiger partial charge in [0.05, 0.1) is 5.69 Å². The smallest absolute Gasteiger partial charge is 0.215 e. The highest BCUT2D eigenvalue weighted by Crippen LogP contribution is 2.12. The van der Waals surface area contributed by atoms with Crippen molar-refractivity contribution in [3.05, 3.63) is 54.1 Å². The monoisotopic (exact) mass is 199 g/mol.